The molecular weight excluding hydrogens is 134 g/mol. The van der Waals surface area contributed by atoms with Gasteiger partial charge in [-0.05, 0) is 25.2 Å². The van der Waals surface area contributed by atoms with E-state index in [-0.39, 0.29) is 5.41 Å². The first kappa shape index (κ1) is 10.3. The maximum Gasteiger partial charge on any atom is 0.00129 e. The predicted octanol–water partition coefficient (Wildman–Crippen LogP) is 2.84. The summed E-state index contributed by atoms with van der Waals surface area (Å²) in [4.78, 5) is 0. The third-order valence-electron chi connectivity index (χ3n) is 1.49. The van der Waals surface area contributed by atoms with Crippen molar-refractivity contribution in [3.8, 4) is 0 Å². The van der Waals surface area contributed by atoms with Crippen LogP contribution in [0.2, 0.25) is 0 Å². The van der Waals surface area contributed by atoms with E-state index in [2.05, 4.69) is 27.0 Å². The van der Waals surface area contributed by atoms with Gasteiger partial charge in [-0.1, -0.05) is 26.0 Å². The predicted molar refractivity (Wildman–Crippen MR) is 51.2 cm³/mol. The maximum absolute atomic E-state index is 5.53. The van der Waals surface area contributed by atoms with E-state index in [0.29, 0.717) is 0 Å². The summed E-state index contributed by atoms with van der Waals surface area (Å²) in [6.45, 7) is 14.0. The second kappa shape index (κ2) is 3.61. The molecule has 0 aromatic rings. The van der Waals surface area contributed by atoms with Gasteiger partial charge in [-0.15, -0.1) is 6.58 Å². The van der Waals surface area contributed by atoms with Crippen molar-refractivity contribution in [1.82, 2.24) is 0 Å². The highest BCUT2D eigenvalue weighted by Crippen LogP contribution is 2.29. The quantitative estimate of drug-likeness (QED) is 0.617. The Balaban J connectivity index is 3.99. The Bertz CT molecular complexity index is 148. The normalized spacial score (nSPS) is 11.2. The smallest absolute Gasteiger partial charge is 0.00129 e. The summed E-state index contributed by atoms with van der Waals surface area (Å²) in [7, 11) is 0. The average Bonchev–Trinajstić information content (AvgIpc) is 1.53. The monoisotopic (exact) mass is 153 g/mol. The highest BCUT2D eigenvalue weighted by molar-refractivity contribution is 4.99. The van der Waals surface area contributed by atoms with E-state index in [4.69, 9.17) is 5.73 Å². The molecule has 1 heteroatoms. The van der Waals surface area contributed by atoms with Gasteiger partial charge in [0.15, 0.2) is 0 Å². The Labute approximate surface area is 70.0 Å². The van der Waals surface area contributed by atoms with E-state index < -0.39 is 0 Å². The van der Waals surface area contributed by atoms with E-state index >= 15 is 0 Å². The van der Waals surface area contributed by atoms with Crippen LogP contribution in [0.15, 0.2) is 24.4 Å². The summed E-state index contributed by atoms with van der Waals surface area (Å²) in [5, 5.41) is 0. The molecule has 0 aliphatic heterocycles. The van der Waals surface area contributed by atoms with Crippen molar-refractivity contribution >= 4 is 0 Å². The van der Waals surface area contributed by atoms with Crippen molar-refractivity contribution in [3.63, 3.8) is 0 Å². The molecule has 0 aromatic heterocycles. The fraction of sp³-hybridized carbons (Fsp3) is 0.600. The highest BCUT2D eigenvalue weighted by Gasteiger charge is 2.17. The zero-order valence-corrected chi connectivity index (χ0v) is 7.91. The van der Waals surface area contributed by atoms with Crippen molar-refractivity contribution in [2.45, 2.75) is 33.6 Å². The van der Waals surface area contributed by atoms with Gasteiger partial charge in [-0.3, -0.25) is 0 Å². The van der Waals surface area contributed by atoms with E-state index in [0.717, 1.165) is 18.5 Å². The van der Waals surface area contributed by atoms with E-state index in [1.165, 1.54) is 5.57 Å². The molecule has 0 rings (SSSR count). The largest absolute Gasteiger partial charge is 0.402 e. The van der Waals surface area contributed by atoms with Crippen LogP contribution in [-0.4, -0.2) is 0 Å². The summed E-state index contributed by atoms with van der Waals surface area (Å²) < 4.78 is 0. The highest BCUT2D eigenvalue weighted by atomic mass is 14.6. The fourth-order valence-electron chi connectivity index (χ4n) is 1.49. The number of nitrogens with two attached hydrogens (primary N) is 1. The van der Waals surface area contributed by atoms with Gasteiger partial charge in [0, 0.05) is 5.70 Å². The molecule has 0 amide bonds. The molecule has 0 fully saturated rings. The van der Waals surface area contributed by atoms with Crippen molar-refractivity contribution in [1.29, 1.82) is 0 Å². The molecular formula is C10H19N. The molecule has 11 heavy (non-hydrogen) atoms. The molecule has 0 bridgehead atoms. The standard InChI is InChI=1S/C10H19N/c1-8(2)6-10(4,5)7-9(3)11/h1,3,6-7,11H2,2,4-5H3. The second-order valence-electron chi connectivity index (χ2n) is 4.13. The van der Waals surface area contributed by atoms with Crippen LogP contribution in [0.1, 0.15) is 33.6 Å². The Morgan fingerprint density at radius 2 is 1.73 bits per heavy atom. The minimum absolute atomic E-state index is 0.220. The molecule has 0 aliphatic carbocycles. The van der Waals surface area contributed by atoms with Gasteiger partial charge in [-0.25, -0.2) is 0 Å². The van der Waals surface area contributed by atoms with Crippen LogP contribution in [0.4, 0.5) is 0 Å². The lowest BCUT2D eigenvalue weighted by Crippen LogP contribution is -2.15. The van der Waals surface area contributed by atoms with Gasteiger partial charge >= 0.3 is 0 Å². The lowest BCUT2D eigenvalue weighted by molar-refractivity contribution is 0.358. The molecule has 0 radical (unpaired) electrons. The molecule has 0 aromatic carbocycles. The van der Waals surface area contributed by atoms with Gasteiger partial charge in [-0.2, -0.15) is 0 Å². The summed E-state index contributed by atoms with van der Waals surface area (Å²) in [5.74, 6) is 0. The molecule has 1 nitrogen and oxygen atoms in total. The molecule has 0 unspecified atom stereocenters. The minimum atomic E-state index is 0.220. The van der Waals surface area contributed by atoms with Gasteiger partial charge in [0.2, 0.25) is 0 Å². The number of rotatable bonds is 4. The van der Waals surface area contributed by atoms with Crippen LogP contribution in [0.3, 0.4) is 0 Å². The zero-order valence-electron chi connectivity index (χ0n) is 7.91. The Morgan fingerprint density at radius 1 is 1.27 bits per heavy atom. The lowest BCUT2D eigenvalue weighted by Gasteiger charge is -2.24. The van der Waals surface area contributed by atoms with E-state index in [1.807, 2.05) is 6.92 Å². The summed E-state index contributed by atoms with van der Waals surface area (Å²) in [6, 6.07) is 0. The molecule has 0 saturated heterocycles. The van der Waals surface area contributed by atoms with Crippen LogP contribution in [-0.2, 0) is 0 Å². The average molecular weight is 153 g/mol. The zero-order chi connectivity index (χ0) is 9.07. The molecule has 2 N–H and O–H groups in total. The van der Waals surface area contributed by atoms with Crippen LogP contribution in [0.25, 0.3) is 0 Å². The van der Waals surface area contributed by atoms with Crippen molar-refractivity contribution in [3.05, 3.63) is 24.4 Å². The number of hydrogen-bond donors (Lipinski definition) is 1. The number of hydrogen-bond acceptors (Lipinski definition) is 1. The van der Waals surface area contributed by atoms with Crippen molar-refractivity contribution in [2.75, 3.05) is 0 Å². The molecule has 0 spiro atoms. The van der Waals surface area contributed by atoms with Gasteiger partial charge in [0.25, 0.3) is 0 Å². The Hall–Kier alpha value is -0.720. The Morgan fingerprint density at radius 3 is 2.00 bits per heavy atom. The maximum atomic E-state index is 5.53. The second-order valence-corrected chi connectivity index (χ2v) is 4.13. The first-order valence-electron chi connectivity index (χ1n) is 3.91. The molecule has 64 valence electrons. The topological polar surface area (TPSA) is 26.0 Å². The third-order valence-corrected chi connectivity index (χ3v) is 1.49. The third kappa shape index (κ3) is 5.71. The van der Waals surface area contributed by atoms with Crippen molar-refractivity contribution < 1.29 is 0 Å². The van der Waals surface area contributed by atoms with E-state index in [9.17, 15) is 0 Å². The van der Waals surface area contributed by atoms with Crippen LogP contribution in [0.5, 0.6) is 0 Å². The van der Waals surface area contributed by atoms with E-state index in [1.54, 1.807) is 0 Å². The Kier molecular flexibility index (Phi) is 3.37. The number of allylic oxidation sites excluding steroid dienone is 2. The lowest BCUT2D eigenvalue weighted by atomic mass is 9.82. The minimum Gasteiger partial charge on any atom is -0.402 e. The van der Waals surface area contributed by atoms with Gasteiger partial charge in [0.1, 0.15) is 0 Å². The molecule has 0 saturated carbocycles. The van der Waals surface area contributed by atoms with Crippen LogP contribution >= 0.6 is 0 Å². The fourth-order valence-corrected chi connectivity index (χ4v) is 1.49. The van der Waals surface area contributed by atoms with Gasteiger partial charge < -0.3 is 5.73 Å². The van der Waals surface area contributed by atoms with Crippen LogP contribution in [0, 0.1) is 5.41 Å². The summed E-state index contributed by atoms with van der Waals surface area (Å²) in [5.41, 5.74) is 7.72. The molecule has 0 heterocycles. The summed E-state index contributed by atoms with van der Waals surface area (Å²) in [6.07, 6.45) is 1.89. The summed E-state index contributed by atoms with van der Waals surface area (Å²) >= 11 is 0. The van der Waals surface area contributed by atoms with Gasteiger partial charge in [0.05, 0.1) is 0 Å². The first-order valence-corrected chi connectivity index (χ1v) is 3.91. The first-order chi connectivity index (χ1) is 4.83. The SMILES string of the molecule is C=C(C)CC(C)(C)CC(=C)N. The molecule has 0 atom stereocenters. The van der Waals surface area contributed by atoms with Crippen molar-refractivity contribution in [2.24, 2.45) is 11.1 Å². The molecule has 0 aliphatic rings. The van der Waals surface area contributed by atoms with Crippen LogP contribution < -0.4 is 5.73 Å².